The van der Waals surface area contributed by atoms with Gasteiger partial charge in [-0.2, -0.15) is 0 Å². The summed E-state index contributed by atoms with van der Waals surface area (Å²) >= 11 is 0. The maximum Gasteiger partial charge on any atom is 0.248 e. The van der Waals surface area contributed by atoms with E-state index >= 15 is 0 Å². The van der Waals surface area contributed by atoms with Crippen molar-refractivity contribution in [1.29, 1.82) is 0 Å². The van der Waals surface area contributed by atoms with Crippen molar-refractivity contribution in [1.82, 2.24) is 0 Å². The standard InChI is InChI=1S/C18H20N2O2/c1-22-17-10-13(18(19)21)8-9-16(17)20-11-14-7-6-12-4-2-3-5-15(12)14/h2-5,8-10,14,20H,6-7,11H2,1H3,(H2,19,21). The first-order valence-electron chi connectivity index (χ1n) is 7.48. The van der Waals surface area contributed by atoms with Crippen molar-refractivity contribution in [2.24, 2.45) is 5.73 Å². The molecule has 3 rings (SSSR count). The number of anilines is 1. The summed E-state index contributed by atoms with van der Waals surface area (Å²) in [7, 11) is 1.59. The van der Waals surface area contributed by atoms with Gasteiger partial charge in [0.2, 0.25) is 5.91 Å². The summed E-state index contributed by atoms with van der Waals surface area (Å²) in [6.45, 7) is 0.850. The Bertz CT molecular complexity index is 697. The van der Waals surface area contributed by atoms with E-state index in [-0.39, 0.29) is 0 Å². The number of hydrogen-bond acceptors (Lipinski definition) is 3. The number of benzene rings is 2. The fraction of sp³-hybridized carbons (Fsp3) is 0.278. The van der Waals surface area contributed by atoms with Crippen molar-refractivity contribution in [3.8, 4) is 5.75 Å². The second-order valence-corrected chi connectivity index (χ2v) is 5.59. The number of amides is 1. The summed E-state index contributed by atoms with van der Waals surface area (Å²) in [5.74, 6) is 0.703. The number of methoxy groups -OCH3 is 1. The van der Waals surface area contributed by atoms with E-state index < -0.39 is 5.91 Å². The van der Waals surface area contributed by atoms with Crippen LogP contribution in [-0.2, 0) is 6.42 Å². The maximum atomic E-state index is 11.2. The molecule has 2 aromatic carbocycles. The molecule has 0 spiro atoms. The van der Waals surface area contributed by atoms with Crippen molar-refractivity contribution in [2.45, 2.75) is 18.8 Å². The number of carbonyl (C=O) groups is 1. The Morgan fingerprint density at radius 3 is 2.91 bits per heavy atom. The molecule has 4 heteroatoms. The number of aryl methyl sites for hydroxylation is 1. The van der Waals surface area contributed by atoms with Crippen LogP contribution in [0.1, 0.15) is 33.8 Å². The summed E-state index contributed by atoms with van der Waals surface area (Å²) < 4.78 is 5.35. The molecule has 0 heterocycles. The number of nitrogens with two attached hydrogens (primary N) is 1. The van der Waals surface area contributed by atoms with Crippen molar-refractivity contribution >= 4 is 11.6 Å². The molecule has 22 heavy (non-hydrogen) atoms. The van der Waals surface area contributed by atoms with Crippen LogP contribution >= 0.6 is 0 Å². The summed E-state index contributed by atoms with van der Waals surface area (Å²) in [5.41, 5.74) is 9.52. The minimum absolute atomic E-state index is 0.449. The molecule has 0 aromatic heterocycles. The van der Waals surface area contributed by atoms with E-state index in [2.05, 4.69) is 29.6 Å². The van der Waals surface area contributed by atoms with Gasteiger partial charge in [0.05, 0.1) is 12.8 Å². The second kappa shape index (κ2) is 6.10. The lowest BCUT2D eigenvalue weighted by Gasteiger charge is -2.16. The van der Waals surface area contributed by atoms with Gasteiger partial charge in [0.15, 0.2) is 0 Å². The highest BCUT2D eigenvalue weighted by Crippen LogP contribution is 2.34. The molecule has 2 aromatic rings. The zero-order valence-corrected chi connectivity index (χ0v) is 12.6. The monoisotopic (exact) mass is 296 g/mol. The lowest BCUT2D eigenvalue weighted by Crippen LogP contribution is -2.13. The molecule has 0 radical (unpaired) electrons. The topological polar surface area (TPSA) is 64.3 Å². The molecule has 0 saturated carbocycles. The largest absolute Gasteiger partial charge is 0.495 e. The summed E-state index contributed by atoms with van der Waals surface area (Å²) in [4.78, 5) is 11.2. The highest BCUT2D eigenvalue weighted by molar-refractivity contribution is 5.93. The second-order valence-electron chi connectivity index (χ2n) is 5.59. The Morgan fingerprint density at radius 2 is 2.14 bits per heavy atom. The number of primary amides is 1. The van der Waals surface area contributed by atoms with Gasteiger partial charge in [-0.25, -0.2) is 0 Å². The Hall–Kier alpha value is -2.49. The molecule has 3 N–H and O–H groups in total. The molecule has 4 nitrogen and oxygen atoms in total. The van der Waals surface area contributed by atoms with Crippen LogP contribution in [-0.4, -0.2) is 19.6 Å². The number of nitrogens with one attached hydrogen (secondary N) is 1. The lowest BCUT2D eigenvalue weighted by molar-refractivity contribution is 0.1000. The minimum atomic E-state index is -0.449. The van der Waals surface area contributed by atoms with E-state index in [9.17, 15) is 4.79 Å². The SMILES string of the molecule is COc1cc(C(N)=O)ccc1NCC1CCc2ccccc21. The van der Waals surface area contributed by atoms with Crippen LogP contribution < -0.4 is 15.8 Å². The molecule has 0 bridgehead atoms. The van der Waals surface area contributed by atoms with Crippen LogP contribution in [0.3, 0.4) is 0 Å². The van der Waals surface area contributed by atoms with Gasteiger partial charge in [0.25, 0.3) is 0 Å². The molecule has 1 aliphatic carbocycles. The normalized spacial score (nSPS) is 16.1. The number of ether oxygens (including phenoxy) is 1. The van der Waals surface area contributed by atoms with Crippen molar-refractivity contribution in [2.75, 3.05) is 19.0 Å². The summed E-state index contributed by atoms with van der Waals surface area (Å²) in [5, 5.41) is 3.44. The first kappa shape index (κ1) is 14.4. The third-order valence-corrected chi connectivity index (χ3v) is 4.28. The fourth-order valence-electron chi connectivity index (χ4n) is 3.08. The van der Waals surface area contributed by atoms with Crippen molar-refractivity contribution in [3.05, 3.63) is 59.2 Å². The van der Waals surface area contributed by atoms with Crippen molar-refractivity contribution in [3.63, 3.8) is 0 Å². The molecule has 1 amide bonds. The Balaban J connectivity index is 1.73. The fourth-order valence-corrected chi connectivity index (χ4v) is 3.08. The Kier molecular flexibility index (Phi) is 4.00. The average molecular weight is 296 g/mol. The average Bonchev–Trinajstić information content (AvgIpc) is 2.96. The number of rotatable bonds is 5. The number of fused-ring (bicyclic) bond motifs is 1. The number of carbonyl (C=O) groups excluding carboxylic acids is 1. The van der Waals surface area contributed by atoms with Crippen LogP contribution in [0.25, 0.3) is 0 Å². The van der Waals surface area contributed by atoms with Gasteiger partial charge in [-0.3, -0.25) is 4.79 Å². The lowest BCUT2D eigenvalue weighted by atomic mass is 10.0. The highest BCUT2D eigenvalue weighted by atomic mass is 16.5. The van der Waals surface area contributed by atoms with E-state index in [0.717, 1.165) is 25.1 Å². The summed E-state index contributed by atoms with van der Waals surface area (Å²) in [6.07, 6.45) is 2.30. The molecule has 1 unspecified atom stereocenters. The zero-order valence-electron chi connectivity index (χ0n) is 12.6. The van der Waals surface area contributed by atoms with E-state index in [1.54, 1.807) is 19.2 Å². The van der Waals surface area contributed by atoms with Gasteiger partial charge in [-0.1, -0.05) is 24.3 Å². The molecular weight excluding hydrogens is 276 g/mol. The van der Waals surface area contributed by atoms with Crippen LogP contribution in [0.4, 0.5) is 5.69 Å². The predicted molar refractivity (Wildman–Crippen MR) is 87.5 cm³/mol. The maximum absolute atomic E-state index is 11.2. The van der Waals surface area contributed by atoms with Crippen LogP contribution in [0.5, 0.6) is 5.75 Å². The molecule has 1 atom stereocenters. The first-order chi connectivity index (χ1) is 10.7. The molecule has 0 aliphatic heterocycles. The van der Waals surface area contributed by atoms with Gasteiger partial charge < -0.3 is 15.8 Å². The van der Waals surface area contributed by atoms with Gasteiger partial charge in [-0.15, -0.1) is 0 Å². The van der Waals surface area contributed by atoms with E-state index in [0.29, 0.717) is 17.2 Å². The molecule has 114 valence electrons. The van der Waals surface area contributed by atoms with Gasteiger partial charge in [-0.05, 0) is 42.2 Å². The van der Waals surface area contributed by atoms with E-state index in [1.807, 2.05) is 6.07 Å². The van der Waals surface area contributed by atoms with Crippen LogP contribution in [0, 0.1) is 0 Å². The molecule has 0 fully saturated rings. The van der Waals surface area contributed by atoms with Gasteiger partial charge >= 0.3 is 0 Å². The van der Waals surface area contributed by atoms with Gasteiger partial charge in [0, 0.05) is 18.0 Å². The molecule has 1 aliphatic rings. The minimum Gasteiger partial charge on any atom is -0.495 e. The summed E-state index contributed by atoms with van der Waals surface area (Å²) in [6, 6.07) is 13.8. The predicted octanol–water partition coefficient (Wildman–Crippen LogP) is 2.94. The van der Waals surface area contributed by atoms with E-state index in [1.165, 1.54) is 11.1 Å². The smallest absolute Gasteiger partial charge is 0.248 e. The number of hydrogen-bond donors (Lipinski definition) is 2. The van der Waals surface area contributed by atoms with Crippen LogP contribution in [0.15, 0.2) is 42.5 Å². The quantitative estimate of drug-likeness (QED) is 0.891. The third-order valence-electron chi connectivity index (χ3n) is 4.28. The zero-order chi connectivity index (χ0) is 15.5. The van der Waals surface area contributed by atoms with Gasteiger partial charge in [0.1, 0.15) is 5.75 Å². The highest BCUT2D eigenvalue weighted by Gasteiger charge is 2.21. The first-order valence-corrected chi connectivity index (χ1v) is 7.48. The van der Waals surface area contributed by atoms with Crippen LogP contribution in [0.2, 0.25) is 0 Å². The van der Waals surface area contributed by atoms with E-state index in [4.69, 9.17) is 10.5 Å². The molecule has 0 saturated heterocycles. The molecular formula is C18H20N2O2. The van der Waals surface area contributed by atoms with Crippen molar-refractivity contribution < 1.29 is 9.53 Å². The third kappa shape index (κ3) is 2.77. The Morgan fingerprint density at radius 1 is 1.32 bits per heavy atom. The Labute approximate surface area is 130 Å².